The average molecular weight is 479 g/mol. The number of aryl methyl sites for hydroxylation is 1. The number of esters is 1. The van der Waals surface area contributed by atoms with Crippen molar-refractivity contribution in [2.45, 2.75) is 51.9 Å². The number of methoxy groups -OCH3 is 1. The van der Waals surface area contributed by atoms with Gasteiger partial charge in [0.15, 0.2) is 11.9 Å². The zero-order valence-corrected chi connectivity index (χ0v) is 20.2. The third kappa shape index (κ3) is 6.48. The predicted molar refractivity (Wildman–Crippen MR) is 130 cm³/mol. The molecule has 2 aromatic carbocycles. The van der Waals surface area contributed by atoms with Crippen LogP contribution in [-0.2, 0) is 25.6 Å². The molecule has 1 heterocycles. The lowest BCUT2D eigenvalue weighted by Crippen LogP contribution is -2.26. The van der Waals surface area contributed by atoms with Gasteiger partial charge in [-0.15, -0.1) is 0 Å². The Labute approximate surface area is 204 Å². The first kappa shape index (κ1) is 24.5. The summed E-state index contributed by atoms with van der Waals surface area (Å²) in [6, 6.07) is 17.0. The van der Waals surface area contributed by atoms with Crippen LogP contribution in [0.2, 0.25) is 0 Å². The molecule has 0 saturated heterocycles. The smallest absolute Gasteiger partial charge is 0.412 e. The van der Waals surface area contributed by atoms with Gasteiger partial charge in [-0.05, 0) is 37.3 Å². The fourth-order valence-electron chi connectivity index (χ4n) is 3.77. The van der Waals surface area contributed by atoms with Gasteiger partial charge in [0.25, 0.3) is 0 Å². The van der Waals surface area contributed by atoms with E-state index in [4.69, 9.17) is 18.7 Å². The van der Waals surface area contributed by atoms with E-state index in [1.165, 1.54) is 7.11 Å². The molecule has 1 saturated carbocycles. The number of amides is 1. The lowest BCUT2D eigenvalue weighted by atomic mass is 10.1. The number of benzene rings is 2. The molecule has 1 aliphatic rings. The van der Waals surface area contributed by atoms with Crippen LogP contribution >= 0.6 is 0 Å². The van der Waals surface area contributed by atoms with Crippen molar-refractivity contribution in [3.8, 4) is 11.3 Å². The van der Waals surface area contributed by atoms with Gasteiger partial charge in [0, 0.05) is 5.56 Å². The molecule has 4 rings (SSSR count). The van der Waals surface area contributed by atoms with E-state index >= 15 is 0 Å². The van der Waals surface area contributed by atoms with Crippen molar-refractivity contribution in [3.63, 3.8) is 0 Å². The van der Waals surface area contributed by atoms with Crippen molar-refractivity contribution >= 4 is 17.7 Å². The van der Waals surface area contributed by atoms with E-state index in [0.717, 1.165) is 29.5 Å². The molecule has 1 aliphatic carbocycles. The maximum absolute atomic E-state index is 12.5. The number of carbonyl (C=O) groups excluding carboxylic acids is 2. The average Bonchev–Trinajstić information content (AvgIpc) is 3.63. The highest BCUT2D eigenvalue weighted by molar-refractivity contribution is 5.90. The van der Waals surface area contributed by atoms with Gasteiger partial charge in [0.2, 0.25) is 0 Å². The highest BCUT2D eigenvalue weighted by Gasteiger charge is 2.30. The van der Waals surface area contributed by atoms with E-state index in [1.807, 2.05) is 61.5 Å². The third-order valence-electron chi connectivity index (χ3n) is 6.02. The summed E-state index contributed by atoms with van der Waals surface area (Å²) in [6.45, 7) is 3.85. The number of carbonyl (C=O) groups is 2. The Hall–Kier alpha value is -3.65. The van der Waals surface area contributed by atoms with Crippen molar-refractivity contribution in [1.29, 1.82) is 0 Å². The standard InChI is InChI=1S/C27H30N2O6/c1-17-24(28-27(31)34-18(2)21-7-5-4-6-8-21)25(35-29-17)22-13-11-20(12-14-22)16-33-23(26(30)32-3)15-19-9-10-19/h4-8,11-14,18-19,23H,9-10,15-16H2,1-3H3,(H,28,31)/t18-,23?/m1/s1. The molecule has 0 aliphatic heterocycles. The lowest BCUT2D eigenvalue weighted by Gasteiger charge is -2.15. The molecule has 35 heavy (non-hydrogen) atoms. The van der Waals surface area contributed by atoms with Crippen molar-refractivity contribution in [1.82, 2.24) is 5.16 Å². The van der Waals surface area contributed by atoms with Gasteiger partial charge in [-0.3, -0.25) is 5.32 Å². The molecular formula is C27H30N2O6. The molecule has 1 amide bonds. The second kappa shape index (κ2) is 11.2. The molecule has 2 atom stereocenters. The predicted octanol–water partition coefficient (Wildman–Crippen LogP) is 5.82. The second-order valence-corrected chi connectivity index (χ2v) is 8.75. The fourth-order valence-corrected chi connectivity index (χ4v) is 3.77. The SMILES string of the molecule is COC(=O)C(CC1CC1)OCc1ccc(-c2onc(C)c2NC(=O)O[C@H](C)c2ccccc2)cc1. The van der Waals surface area contributed by atoms with Crippen LogP contribution in [0.15, 0.2) is 59.1 Å². The normalized spacial score (nSPS) is 14.7. The summed E-state index contributed by atoms with van der Waals surface area (Å²) in [5, 5.41) is 6.77. The van der Waals surface area contributed by atoms with Crippen LogP contribution in [0.5, 0.6) is 0 Å². The minimum atomic E-state index is -0.594. The molecular weight excluding hydrogens is 448 g/mol. The number of ether oxygens (including phenoxy) is 3. The van der Waals surface area contributed by atoms with E-state index in [-0.39, 0.29) is 12.6 Å². The van der Waals surface area contributed by atoms with Gasteiger partial charge < -0.3 is 18.7 Å². The van der Waals surface area contributed by atoms with Crippen LogP contribution in [0.1, 0.15) is 49.1 Å². The molecule has 3 aromatic rings. The Balaban J connectivity index is 1.39. The quantitative estimate of drug-likeness (QED) is 0.367. The number of nitrogens with zero attached hydrogens (tertiary/aromatic N) is 1. The summed E-state index contributed by atoms with van der Waals surface area (Å²) in [6.07, 6.45) is 1.41. The monoisotopic (exact) mass is 478 g/mol. The highest BCUT2D eigenvalue weighted by atomic mass is 16.6. The van der Waals surface area contributed by atoms with E-state index in [2.05, 4.69) is 10.5 Å². The molecule has 184 valence electrons. The van der Waals surface area contributed by atoms with Gasteiger partial charge in [-0.1, -0.05) is 72.6 Å². The van der Waals surface area contributed by atoms with Gasteiger partial charge in [0.1, 0.15) is 17.5 Å². The molecule has 0 spiro atoms. The molecule has 1 fully saturated rings. The minimum absolute atomic E-state index is 0.289. The molecule has 0 radical (unpaired) electrons. The van der Waals surface area contributed by atoms with Crippen molar-refractivity contribution in [2.75, 3.05) is 12.4 Å². The van der Waals surface area contributed by atoms with Crippen LogP contribution < -0.4 is 5.32 Å². The first-order valence-corrected chi connectivity index (χ1v) is 11.7. The Morgan fingerprint density at radius 3 is 2.49 bits per heavy atom. The number of hydrogen-bond donors (Lipinski definition) is 1. The minimum Gasteiger partial charge on any atom is -0.467 e. The van der Waals surface area contributed by atoms with Gasteiger partial charge in [0.05, 0.1) is 13.7 Å². The van der Waals surface area contributed by atoms with E-state index in [1.54, 1.807) is 6.92 Å². The number of nitrogens with one attached hydrogen (secondary N) is 1. The third-order valence-corrected chi connectivity index (χ3v) is 6.02. The number of rotatable bonds is 10. The van der Waals surface area contributed by atoms with Crippen LogP contribution in [0, 0.1) is 12.8 Å². The fraction of sp³-hybridized carbons (Fsp3) is 0.370. The summed E-state index contributed by atoms with van der Waals surface area (Å²) in [7, 11) is 1.38. The second-order valence-electron chi connectivity index (χ2n) is 8.75. The largest absolute Gasteiger partial charge is 0.467 e. The highest BCUT2D eigenvalue weighted by Crippen LogP contribution is 2.35. The first-order valence-electron chi connectivity index (χ1n) is 11.7. The lowest BCUT2D eigenvalue weighted by molar-refractivity contribution is -0.155. The van der Waals surface area contributed by atoms with Crippen molar-refractivity contribution < 1.29 is 28.3 Å². The Morgan fingerprint density at radius 2 is 1.83 bits per heavy atom. The molecule has 1 N–H and O–H groups in total. The number of anilines is 1. The van der Waals surface area contributed by atoms with Gasteiger partial charge in [-0.2, -0.15) is 0 Å². The molecule has 8 heteroatoms. The summed E-state index contributed by atoms with van der Waals surface area (Å²) >= 11 is 0. The maximum atomic E-state index is 12.5. The number of hydrogen-bond acceptors (Lipinski definition) is 7. The summed E-state index contributed by atoms with van der Waals surface area (Å²) < 4.78 is 21.7. The van der Waals surface area contributed by atoms with Crippen LogP contribution in [0.3, 0.4) is 0 Å². The zero-order valence-electron chi connectivity index (χ0n) is 20.2. The molecule has 8 nitrogen and oxygen atoms in total. The van der Waals surface area contributed by atoms with E-state index in [0.29, 0.717) is 29.5 Å². The van der Waals surface area contributed by atoms with Gasteiger partial charge >= 0.3 is 12.1 Å². The molecule has 1 aromatic heterocycles. The summed E-state index contributed by atoms with van der Waals surface area (Å²) in [5.74, 6) is 0.639. The number of aromatic nitrogens is 1. The van der Waals surface area contributed by atoms with Crippen LogP contribution in [0.25, 0.3) is 11.3 Å². The maximum Gasteiger partial charge on any atom is 0.412 e. The Morgan fingerprint density at radius 1 is 1.11 bits per heavy atom. The van der Waals surface area contributed by atoms with Crippen LogP contribution in [-0.4, -0.2) is 30.4 Å². The van der Waals surface area contributed by atoms with Crippen LogP contribution in [0.4, 0.5) is 10.5 Å². The van der Waals surface area contributed by atoms with Crippen molar-refractivity contribution in [2.24, 2.45) is 5.92 Å². The first-order chi connectivity index (χ1) is 16.9. The van der Waals surface area contributed by atoms with E-state index in [9.17, 15) is 9.59 Å². The molecule has 1 unspecified atom stereocenters. The topological polar surface area (TPSA) is 99.9 Å². The van der Waals surface area contributed by atoms with Crippen molar-refractivity contribution in [3.05, 3.63) is 71.4 Å². The van der Waals surface area contributed by atoms with E-state index < -0.39 is 18.3 Å². The Kier molecular flexibility index (Phi) is 7.82. The van der Waals surface area contributed by atoms with Gasteiger partial charge in [-0.25, -0.2) is 9.59 Å². The zero-order chi connectivity index (χ0) is 24.8. The summed E-state index contributed by atoms with van der Waals surface area (Å²) in [5.41, 5.74) is 3.53. The molecule has 0 bridgehead atoms. The summed E-state index contributed by atoms with van der Waals surface area (Å²) in [4.78, 5) is 24.5. The Bertz CT molecular complexity index is 1140.